The molecule has 4 rings (SSSR count). The summed E-state index contributed by atoms with van der Waals surface area (Å²) in [6, 6.07) is 13.4. The van der Waals surface area contributed by atoms with Crippen molar-refractivity contribution in [3.63, 3.8) is 0 Å². The number of carboxylic acid groups (broad SMARTS) is 1. The maximum atomic E-state index is 11.9. The lowest BCUT2D eigenvalue weighted by Gasteiger charge is -2.27. The van der Waals surface area contributed by atoms with Crippen LogP contribution in [-0.4, -0.2) is 48.6 Å². The van der Waals surface area contributed by atoms with Crippen LogP contribution in [0.4, 0.5) is 22.0 Å². The number of fused-ring (bicyclic) bond motifs is 1. The van der Waals surface area contributed by atoms with Gasteiger partial charge in [-0.25, -0.2) is 14.8 Å². The van der Waals surface area contributed by atoms with Crippen molar-refractivity contribution in [3.8, 4) is 17.6 Å². The Labute approximate surface area is 228 Å². The van der Waals surface area contributed by atoms with Gasteiger partial charge in [0.15, 0.2) is 0 Å². The van der Waals surface area contributed by atoms with Gasteiger partial charge >= 0.3 is 6.09 Å². The molecule has 0 aliphatic heterocycles. The number of rotatable bonds is 7. The molecule has 0 bridgehead atoms. The van der Waals surface area contributed by atoms with E-state index in [1.165, 1.54) is 25.5 Å². The molecule has 198 valence electrons. The van der Waals surface area contributed by atoms with Gasteiger partial charge < -0.3 is 15.2 Å². The summed E-state index contributed by atoms with van der Waals surface area (Å²) in [6.07, 6.45) is 1.83. The minimum absolute atomic E-state index is 0.0986. The van der Waals surface area contributed by atoms with E-state index in [0.29, 0.717) is 33.2 Å². The van der Waals surface area contributed by atoms with Gasteiger partial charge in [-0.2, -0.15) is 0 Å². The highest BCUT2D eigenvalue weighted by atomic mass is 35.5. The number of halogens is 1. The average molecular weight is 547 g/mol. The maximum absolute atomic E-state index is 11.9. The zero-order valence-corrected chi connectivity index (χ0v) is 21.9. The molecule has 2 aromatic heterocycles. The molecular weight excluding hydrogens is 524 g/mol. The molecule has 0 unspecified atom stereocenters. The molecule has 0 aliphatic carbocycles. The van der Waals surface area contributed by atoms with Crippen molar-refractivity contribution < 1.29 is 19.6 Å². The predicted octanol–water partition coefficient (Wildman–Crippen LogP) is 5.65. The van der Waals surface area contributed by atoms with E-state index in [1.54, 1.807) is 38.2 Å². The molecule has 4 aromatic rings. The first kappa shape index (κ1) is 27.1. The van der Waals surface area contributed by atoms with Gasteiger partial charge in [-0.05, 0) is 50.2 Å². The Morgan fingerprint density at radius 1 is 1.21 bits per heavy atom. The minimum Gasteiger partial charge on any atom is -0.486 e. The average Bonchev–Trinajstić information content (AvgIpc) is 2.91. The number of nitrogens with one attached hydrogen (secondary N) is 1. The Hall–Kier alpha value is -4.95. The molecule has 0 spiro atoms. The fourth-order valence-electron chi connectivity index (χ4n) is 3.45. The number of nitro benzene ring substituents is 1. The number of hydrogen-bond donors (Lipinski definition) is 2. The van der Waals surface area contributed by atoms with Gasteiger partial charge in [0, 0.05) is 30.4 Å². The molecule has 0 saturated carbocycles. The Bertz CT molecular complexity index is 1620. The number of hydrogen-bond acceptors (Lipinski definition) is 8. The molecule has 0 radical (unpaired) electrons. The predicted molar refractivity (Wildman–Crippen MR) is 146 cm³/mol. The van der Waals surface area contributed by atoms with Crippen molar-refractivity contribution in [1.82, 2.24) is 19.9 Å². The van der Waals surface area contributed by atoms with Gasteiger partial charge in [-0.15, -0.1) is 0 Å². The summed E-state index contributed by atoms with van der Waals surface area (Å²) >= 11 is 6.42. The number of ether oxygens (including phenoxy) is 1. The van der Waals surface area contributed by atoms with E-state index in [1.807, 2.05) is 18.2 Å². The molecule has 0 fully saturated rings. The van der Waals surface area contributed by atoms with E-state index in [2.05, 4.69) is 32.1 Å². The molecule has 0 saturated heterocycles. The molecule has 0 atom stereocenters. The second kappa shape index (κ2) is 11.2. The third-order valence-corrected chi connectivity index (χ3v) is 6.17. The Balaban J connectivity index is 1.63. The molecule has 11 nitrogen and oxygen atoms in total. The quantitative estimate of drug-likeness (QED) is 0.171. The van der Waals surface area contributed by atoms with Crippen LogP contribution in [0.3, 0.4) is 0 Å². The fourth-order valence-corrected chi connectivity index (χ4v) is 3.69. The zero-order chi connectivity index (χ0) is 28.2. The fraction of sp³-hybridized carbons (Fsp3) is 0.185. The number of aromatic nitrogens is 3. The molecule has 1 amide bonds. The van der Waals surface area contributed by atoms with Gasteiger partial charge in [-0.3, -0.25) is 20.0 Å². The number of nitrogens with zero attached hydrogens (tertiary/aromatic N) is 5. The Kier molecular flexibility index (Phi) is 7.78. The van der Waals surface area contributed by atoms with Crippen molar-refractivity contribution in [2.75, 3.05) is 12.4 Å². The first-order chi connectivity index (χ1) is 18.5. The Morgan fingerprint density at radius 2 is 2.00 bits per heavy atom. The van der Waals surface area contributed by atoms with Gasteiger partial charge in [-0.1, -0.05) is 29.5 Å². The molecule has 39 heavy (non-hydrogen) atoms. The van der Waals surface area contributed by atoms with Gasteiger partial charge in [0.2, 0.25) is 0 Å². The third-order valence-electron chi connectivity index (χ3n) is 5.87. The van der Waals surface area contributed by atoms with Crippen LogP contribution in [0.2, 0.25) is 5.02 Å². The summed E-state index contributed by atoms with van der Waals surface area (Å²) in [5.74, 6) is 6.35. The highest BCUT2D eigenvalue weighted by Crippen LogP contribution is 2.33. The van der Waals surface area contributed by atoms with Crippen molar-refractivity contribution in [2.45, 2.75) is 26.0 Å². The zero-order valence-electron chi connectivity index (χ0n) is 21.2. The summed E-state index contributed by atoms with van der Waals surface area (Å²) in [4.78, 5) is 36.4. The van der Waals surface area contributed by atoms with E-state index >= 15 is 0 Å². The number of nitro groups is 1. The first-order valence-corrected chi connectivity index (χ1v) is 12.0. The Morgan fingerprint density at radius 3 is 2.67 bits per heavy atom. The van der Waals surface area contributed by atoms with E-state index in [9.17, 15) is 20.0 Å². The molecule has 2 heterocycles. The number of pyridine rings is 1. The van der Waals surface area contributed by atoms with Gasteiger partial charge in [0.05, 0.1) is 21.2 Å². The molecule has 0 aliphatic rings. The highest BCUT2D eigenvalue weighted by molar-refractivity contribution is 6.32. The van der Waals surface area contributed by atoms with E-state index < -0.39 is 16.6 Å². The van der Waals surface area contributed by atoms with Crippen LogP contribution in [0, 0.1) is 22.0 Å². The lowest BCUT2D eigenvalue weighted by molar-refractivity contribution is -0.385. The van der Waals surface area contributed by atoms with Crippen LogP contribution < -0.4 is 10.1 Å². The summed E-state index contributed by atoms with van der Waals surface area (Å²) in [7, 11) is 1.38. The third kappa shape index (κ3) is 6.31. The molecule has 2 N–H and O–H groups in total. The second-order valence-corrected chi connectivity index (χ2v) is 9.30. The second-order valence-electron chi connectivity index (χ2n) is 8.90. The topological polar surface area (TPSA) is 144 Å². The monoisotopic (exact) mass is 546 g/mol. The van der Waals surface area contributed by atoms with Crippen LogP contribution in [0.15, 0.2) is 61.1 Å². The molecular formula is C27H23ClN6O5. The van der Waals surface area contributed by atoms with Crippen molar-refractivity contribution in [2.24, 2.45) is 0 Å². The van der Waals surface area contributed by atoms with E-state index in [-0.39, 0.29) is 17.9 Å². The van der Waals surface area contributed by atoms with Crippen molar-refractivity contribution in [3.05, 3.63) is 87.4 Å². The van der Waals surface area contributed by atoms with Crippen LogP contribution in [0.25, 0.3) is 10.9 Å². The van der Waals surface area contributed by atoms with Gasteiger partial charge in [0.25, 0.3) is 5.69 Å². The number of amides is 1. The number of anilines is 2. The van der Waals surface area contributed by atoms with Crippen LogP contribution in [-0.2, 0) is 6.61 Å². The maximum Gasteiger partial charge on any atom is 0.408 e. The largest absolute Gasteiger partial charge is 0.486 e. The molecule has 12 heteroatoms. The van der Waals surface area contributed by atoms with Crippen molar-refractivity contribution >= 4 is 45.8 Å². The summed E-state index contributed by atoms with van der Waals surface area (Å²) in [6.45, 7) is 3.46. The summed E-state index contributed by atoms with van der Waals surface area (Å²) in [5, 5.41) is 25.0. The van der Waals surface area contributed by atoms with Crippen molar-refractivity contribution in [1.29, 1.82) is 0 Å². The molecule has 2 aromatic carbocycles. The highest BCUT2D eigenvalue weighted by Gasteiger charge is 2.25. The minimum atomic E-state index is -1.17. The van der Waals surface area contributed by atoms with Gasteiger partial charge in [0.1, 0.15) is 35.6 Å². The first-order valence-electron chi connectivity index (χ1n) is 11.6. The van der Waals surface area contributed by atoms with E-state index in [4.69, 9.17) is 16.3 Å². The summed E-state index contributed by atoms with van der Waals surface area (Å²) < 4.78 is 5.76. The normalized spacial score (nSPS) is 10.9. The van der Waals surface area contributed by atoms with E-state index in [0.717, 1.165) is 10.6 Å². The van der Waals surface area contributed by atoms with Crippen LogP contribution >= 0.6 is 11.6 Å². The number of benzene rings is 2. The standard InChI is InChI=1S/C27H23ClN6O5/c1-27(2,33(3)26(35)36)10-9-17-12-22-20(14-23(17)34(37)38)25(31-16-30-22)32-18-7-8-24(21(28)13-18)39-15-19-6-4-5-11-29-19/h4-8,11-14,16H,15H2,1-3H3,(H,35,36)(H,30,31,32). The lowest BCUT2D eigenvalue weighted by atomic mass is 10.0. The number of carbonyl (C=O) groups is 1. The SMILES string of the molecule is CN(C(=O)O)C(C)(C)C#Cc1cc2ncnc(Nc3ccc(OCc4ccccn4)c(Cl)c3)c2cc1[N+](=O)[O-]. The smallest absolute Gasteiger partial charge is 0.408 e. The summed E-state index contributed by atoms with van der Waals surface area (Å²) in [5.41, 5.74) is 0.494. The van der Waals surface area contributed by atoms with Crippen LogP contribution in [0.1, 0.15) is 25.1 Å². The van der Waals surface area contributed by atoms with Crippen LogP contribution in [0.5, 0.6) is 5.75 Å². The lowest BCUT2D eigenvalue weighted by Crippen LogP contribution is -2.43.